The van der Waals surface area contributed by atoms with Crippen molar-refractivity contribution in [3.63, 3.8) is 0 Å². The molecule has 6 heteroatoms. The number of hydrogen-bond acceptors (Lipinski definition) is 5. The van der Waals surface area contributed by atoms with Crippen molar-refractivity contribution in [2.45, 2.75) is 6.54 Å². The molecule has 0 saturated heterocycles. The molecule has 0 radical (unpaired) electrons. The van der Waals surface area contributed by atoms with Gasteiger partial charge >= 0.3 is 5.97 Å². The summed E-state index contributed by atoms with van der Waals surface area (Å²) in [4.78, 5) is 17.2. The molecule has 0 bridgehead atoms. The van der Waals surface area contributed by atoms with Crippen LogP contribution in [0.3, 0.4) is 0 Å². The zero-order valence-corrected chi connectivity index (χ0v) is 8.87. The largest absolute Gasteiger partial charge is 0.479 e. The second-order valence-electron chi connectivity index (χ2n) is 3.01. The molecule has 0 saturated carbocycles. The Morgan fingerprint density at radius 3 is 3.00 bits per heavy atom. The molecule has 1 N–H and O–H groups in total. The standard InChI is InChI=1S/C8H12N2O3S/c1-10(2)4-6-3-9-8(14-6)13-5-7(11)12/h3H,4-5H2,1-2H3,(H,11,12). The van der Waals surface area contributed by atoms with E-state index in [2.05, 4.69) is 4.98 Å². The van der Waals surface area contributed by atoms with E-state index in [0.717, 1.165) is 11.4 Å². The molecule has 0 spiro atoms. The van der Waals surface area contributed by atoms with Crippen LogP contribution in [0.5, 0.6) is 5.19 Å². The van der Waals surface area contributed by atoms with Gasteiger partial charge in [-0.1, -0.05) is 11.3 Å². The SMILES string of the molecule is CN(C)Cc1cnc(OCC(=O)O)s1. The van der Waals surface area contributed by atoms with E-state index in [1.165, 1.54) is 11.3 Å². The fraction of sp³-hybridized carbons (Fsp3) is 0.500. The zero-order chi connectivity index (χ0) is 10.6. The maximum absolute atomic E-state index is 10.2. The second kappa shape index (κ2) is 4.92. The average molecular weight is 216 g/mol. The highest BCUT2D eigenvalue weighted by atomic mass is 32.1. The van der Waals surface area contributed by atoms with Crippen LogP contribution in [0.15, 0.2) is 6.20 Å². The summed E-state index contributed by atoms with van der Waals surface area (Å²) in [5, 5.41) is 8.78. The van der Waals surface area contributed by atoms with Gasteiger partial charge in [0.2, 0.25) is 0 Å². The highest BCUT2D eigenvalue weighted by molar-refractivity contribution is 7.13. The maximum atomic E-state index is 10.2. The molecule has 1 heterocycles. The van der Waals surface area contributed by atoms with Crippen molar-refractivity contribution >= 4 is 17.3 Å². The summed E-state index contributed by atoms with van der Waals surface area (Å²) in [5.74, 6) is -0.991. The van der Waals surface area contributed by atoms with E-state index >= 15 is 0 Å². The van der Waals surface area contributed by atoms with Crippen molar-refractivity contribution in [2.24, 2.45) is 0 Å². The summed E-state index contributed by atoms with van der Waals surface area (Å²) in [5.41, 5.74) is 0. The zero-order valence-electron chi connectivity index (χ0n) is 8.06. The Bertz CT molecular complexity index is 311. The molecule has 0 amide bonds. The molecule has 0 aliphatic rings. The Kier molecular flexibility index (Phi) is 3.84. The third-order valence-corrected chi connectivity index (χ3v) is 2.22. The summed E-state index contributed by atoms with van der Waals surface area (Å²) in [6, 6.07) is 0. The van der Waals surface area contributed by atoms with Crippen molar-refractivity contribution < 1.29 is 14.6 Å². The van der Waals surface area contributed by atoms with Crippen LogP contribution in [0, 0.1) is 0 Å². The molecule has 0 aliphatic heterocycles. The third-order valence-electron chi connectivity index (χ3n) is 1.32. The van der Waals surface area contributed by atoms with Crippen LogP contribution in [0.4, 0.5) is 0 Å². The van der Waals surface area contributed by atoms with Crippen LogP contribution in [0.25, 0.3) is 0 Å². The van der Waals surface area contributed by atoms with E-state index in [-0.39, 0.29) is 6.61 Å². The number of hydrogen-bond donors (Lipinski definition) is 1. The Labute approximate surface area is 85.9 Å². The number of carboxylic acids is 1. The van der Waals surface area contributed by atoms with Crippen LogP contribution in [-0.2, 0) is 11.3 Å². The minimum absolute atomic E-state index is 0.338. The van der Waals surface area contributed by atoms with Crippen molar-refractivity contribution in [3.05, 3.63) is 11.1 Å². The number of aromatic nitrogens is 1. The minimum Gasteiger partial charge on any atom is -0.479 e. The van der Waals surface area contributed by atoms with Gasteiger partial charge in [0.25, 0.3) is 5.19 Å². The van der Waals surface area contributed by atoms with Crippen molar-refractivity contribution in [1.82, 2.24) is 9.88 Å². The van der Waals surface area contributed by atoms with Gasteiger partial charge in [-0.3, -0.25) is 0 Å². The molecule has 0 aliphatic carbocycles. The van der Waals surface area contributed by atoms with Gasteiger partial charge in [-0.15, -0.1) is 0 Å². The molecule has 0 unspecified atom stereocenters. The van der Waals surface area contributed by atoms with Crippen LogP contribution >= 0.6 is 11.3 Å². The van der Waals surface area contributed by atoms with E-state index in [4.69, 9.17) is 9.84 Å². The van der Waals surface area contributed by atoms with Gasteiger partial charge in [0.15, 0.2) is 6.61 Å². The molecule has 0 aromatic carbocycles. The predicted molar refractivity (Wildman–Crippen MR) is 52.6 cm³/mol. The first kappa shape index (κ1) is 10.9. The summed E-state index contributed by atoms with van der Waals surface area (Å²) in [7, 11) is 3.91. The first-order valence-corrected chi connectivity index (χ1v) is 4.83. The summed E-state index contributed by atoms with van der Waals surface area (Å²) < 4.78 is 4.92. The molecule has 0 fully saturated rings. The predicted octanol–water partition coefficient (Wildman–Crippen LogP) is 0.668. The van der Waals surface area contributed by atoms with Crippen molar-refractivity contribution in [3.8, 4) is 5.19 Å². The van der Waals surface area contributed by atoms with Gasteiger partial charge in [0.1, 0.15) is 0 Å². The molecule has 0 atom stereocenters. The van der Waals surface area contributed by atoms with Gasteiger partial charge < -0.3 is 14.7 Å². The Morgan fingerprint density at radius 2 is 2.43 bits per heavy atom. The van der Waals surface area contributed by atoms with Crippen LogP contribution in [0.1, 0.15) is 4.88 Å². The van der Waals surface area contributed by atoms with Gasteiger partial charge in [-0.2, -0.15) is 0 Å². The Hall–Kier alpha value is -1.14. The van der Waals surface area contributed by atoms with E-state index in [0.29, 0.717) is 5.19 Å². The lowest BCUT2D eigenvalue weighted by molar-refractivity contribution is -0.139. The summed E-state index contributed by atoms with van der Waals surface area (Å²) >= 11 is 1.36. The summed E-state index contributed by atoms with van der Waals surface area (Å²) in [6.45, 7) is 0.447. The van der Waals surface area contributed by atoms with E-state index < -0.39 is 5.97 Å². The second-order valence-corrected chi connectivity index (χ2v) is 4.09. The normalized spacial score (nSPS) is 10.5. The van der Waals surface area contributed by atoms with Gasteiger partial charge in [0.05, 0.1) is 0 Å². The summed E-state index contributed by atoms with van der Waals surface area (Å²) in [6.07, 6.45) is 1.70. The lowest BCUT2D eigenvalue weighted by Crippen LogP contribution is -2.09. The molecule has 14 heavy (non-hydrogen) atoms. The molecular weight excluding hydrogens is 204 g/mol. The number of carboxylic acid groups (broad SMARTS) is 1. The number of nitrogens with zero attached hydrogens (tertiary/aromatic N) is 2. The number of aliphatic carboxylic acids is 1. The number of ether oxygens (including phenoxy) is 1. The van der Waals surface area contributed by atoms with Gasteiger partial charge in [-0.05, 0) is 14.1 Å². The van der Waals surface area contributed by atoms with E-state index in [9.17, 15) is 4.79 Å². The fourth-order valence-corrected chi connectivity index (χ4v) is 1.74. The first-order valence-electron chi connectivity index (χ1n) is 4.02. The molecule has 78 valence electrons. The number of thiazole rings is 1. The molecule has 1 aromatic heterocycles. The van der Waals surface area contributed by atoms with E-state index in [1.807, 2.05) is 19.0 Å². The molecule has 1 aromatic rings. The topological polar surface area (TPSA) is 62.7 Å². The van der Waals surface area contributed by atoms with Crippen LogP contribution in [-0.4, -0.2) is 41.7 Å². The fourth-order valence-electron chi connectivity index (χ4n) is 0.865. The maximum Gasteiger partial charge on any atom is 0.341 e. The molecular formula is C8H12N2O3S. The quantitative estimate of drug-likeness (QED) is 0.783. The van der Waals surface area contributed by atoms with Crippen molar-refractivity contribution in [2.75, 3.05) is 20.7 Å². The number of rotatable bonds is 5. The van der Waals surface area contributed by atoms with E-state index in [1.54, 1.807) is 6.20 Å². The average Bonchev–Trinajstić information content (AvgIpc) is 2.47. The highest BCUT2D eigenvalue weighted by Crippen LogP contribution is 2.20. The smallest absolute Gasteiger partial charge is 0.341 e. The van der Waals surface area contributed by atoms with Crippen molar-refractivity contribution in [1.29, 1.82) is 0 Å². The lowest BCUT2D eigenvalue weighted by atomic mass is 10.5. The third kappa shape index (κ3) is 3.71. The Morgan fingerprint density at radius 1 is 1.71 bits per heavy atom. The lowest BCUT2D eigenvalue weighted by Gasteiger charge is -2.05. The Balaban J connectivity index is 2.46. The number of carbonyl (C=O) groups is 1. The minimum atomic E-state index is -0.991. The molecule has 1 rings (SSSR count). The van der Waals surface area contributed by atoms with Crippen LogP contribution in [0.2, 0.25) is 0 Å². The monoisotopic (exact) mass is 216 g/mol. The highest BCUT2D eigenvalue weighted by Gasteiger charge is 2.05. The first-order chi connectivity index (χ1) is 6.58. The van der Waals surface area contributed by atoms with Crippen LogP contribution < -0.4 is 4.74 Å². The van der Waals surface area contributed by atoms with Gasteiger partial charge in [0, 0.05) is 17.6 Å². The van der Waals surface area contributed by atoms with Gasteiger partial charge in [-0.25, -0.2) is 9.78 Å². The molecule has 5 nitrogen and oxygen atoms in total.